The summed E-state index contributed by atoms with van der Waals surface area (Å²) in [5.74, 6) is -1.56. The summed E-state index contributed by atoms with van der Waals surface area (Å²) in [6.07, 6.45) is 0. The van der Waals surface area contributed by atoms with Crippen molar-refractivity contribution in [3.05, 3.63) is 0 Å². The van der Waals surface area contributed by atoms with Gasteiger partial charge in [-0.1, -0.05) is 0 Å². The molecular formula is C13H25N3O4. The van der Waals surface area contributed by atoms with Crippen LogP contribution in [0.4, 0.5) is 4.79 Å². The minimum atomic E-state index is -0.916. The normalized spacial score (nSPS) is 23.6. The van der Waals surface area contributed by atoms with Gasteiger partial charge < -0.3 is 25.0 Å². The fourth-order valence-electron chi connectivity index (χ4n) is 2.13. The number of hydrogen-bond acceptors (Lipinski definition) is 4. The summed E-state index contributed by atoms with van der Waals surface area (Å²) in [6.45, 7) is 5.27. The largest absolute Gasteiger partial charge is 0.481 e. The van der Waals surface area contributed by atoms with Gasteiger partial charge in [0.25, 0.3) is 0 Å². The van der Waals surface area contributed by atoms with Crippen LogP contribution in [0.3, 0.4) is 0 Å². The van der Waals surface area contributed by atoms with E-state index in [0.29, 0.717) is 13.1 Å². The predicted molar refractivity (Wildman–Crippen MR) is 74.7 cm³/mol. The third-order valence-corrected chi connectivity index (χ3v) is 3.80. The van der Waals surface area contributed by atoms with E-state index in [9.17, 15) is 9.59 Å². The quantitative estimate of drug-likeness (QED) is 0.722. The number of nitrogens with one attached hydrogen (secondary N) is 1. The number of likely N-dealkylation sites (N-methyl/N-ethyl adjacent to an activating group) is 2. The second kappa shape index (κ2) is 7.44. The summed E-state index contributed by atoms with van der Waals surface area (Å²) >= 11 is 0. The Hall–Kier alpha value is -1.34. The van der Waals surface area contributed by atoms with Crippen molar-refractivity contribution in [3.8, 4) is 0 Å². The highest BCUT2D eigenvalue weighted by Gasteiger charge is 2.39. The Morgan fingerprint density at radius 3 is 2.55 bits per heavy atom. The second-order valence-corrected chi connectivity index (χ2v) is 5.33. The number of carbonyl (C=O) groups excluding carboxylic acids is 1. The van der Waals surface area contributed by atoms with E-state index in [0.717, 1.165) is 0 Å². The van der Waals surface area contributed by atoms with Gasteiger partial charge in [0.05, 0.1) is 19.3 Å². The van der Waals surface area contributed by atoms with Gasteiger partial charge in [-0.25, -0.2) is 4.79 Å². The van der Waals surface area contributed by atoms with Crippen LogP contribution >= 0.6 is 0 Å². The van der Waals surface area contributed by atoms with Crippen LogP contribution in [0.15, 0.2) is 0 Å². The molecule has 0 radical (unpaired) electrons. The highest BCUT2D eigenvalue weighted by atomic mass is 16.5. The van der Waals surface area contributed by atoms with E-state index in [1.807, 2.05) is 32.8 Å². The number of amides is 2. The molecule has 20 heavy (non-hydrogen) atoms. The molecule has 1 rings (SSSR count). The predicted octanol–water partition coefficient (Wildman–Crippen LogP) is 0.0676. The topological polar surface area (TPSA) is 82.1 Å². The molecule has 0 bridgehead atoms. The molecule has 1 saturated heterocycles. The van der Waals surface area contributed by atoms with Gasteiger partial charge in [-0.05, 0) is 27.9 Å². The maximum Gasteiger partial charge on any atom is 0.317 e. The average Bonchev–Trinajstić information content (AvgIpc) is 2.85. The van der Waals surface area contributed by atoms with Crippen molar-refractivity contribution < 1.29 is 19.4 Å². The number of aliphatic carboxylic acids is 1. The molecule has 0 aromatic heterocycles. The molecule has 116 valence electrons. The van der Waals surface area contributed by atoms with E-state index in [4.69, 9.17) is 9.84 Å². The summed E-state index contributed by atoms with van der Waals surface area (Å²) in [5, 5.41) is 12.0. The maximum absolute atomic E-state index is 12.2. The number of carboxylic acids is 1. The lowest BCUT2D eigenvalue weighted by atomic mass is 10.0. The first-order valence-corrected chi connectivity index (χ1v) is 6.89. The van der Waals surface area contributed by atoms with E-state index >= 15 is 0 Å². The van der Waals surface area contributed by atoms with Crippen molar-refractivity contribution in [1.29, 1.82) is 0 Å². The van der Waals surface area contributed by atoms with Gasteiger partial charge in [0.1, 0.15) is 5.92 Å². The van der Waals surface area contributed by atoms with Crippen LogP contribution in [0.5, 0.6) is 0 Å². The van der Waals surface area contributed by atoms with Crippen LogP contribution in [-0.4, -0.2) is 79.4 Å². The van der Waals surface area contributed by atoms with Crippen molar-refractivity contribution >= 4 is 12.0 Å². The Morgan fingerprint density at radius 1 is 1.40 bits per heavy atom. The van der Waals surface area contributed by atoms with Gasteiger partial charge >= 0.3 is 12.0 Å². The number of carbonyl (C=O) groups is 2. The standard InChI is InChI=1S/C13H25N3O4/c1-5-16(11-8-20-7-10(11)12(17)18)13(19)14-6-9(2)15(3)4/h9-11H,5-8H2,1-4H3,(H,14,19)(H,17,18). The first kappa shape index (κ1) is 16.7. The average molecular weight is 287 g/mol. The highest BCUT2D eigenvalue weighted by molar-refractivity contribution is 5.77. The molecule has 7 heteroatoms. The maximum atomic E-state index is 12.2. The zero-order chi connectivity index (χ0) is 15.3. The number of rotatable bonds is 6. The number of ether oxygens (including phenoxy) is 1. The third kappa shape index (κ3) is 4.08. The third-order valence-electron chi connectivity index (χ3n) is 3.80. The van der Waals surface area contributed by atoms with Gasteiger partial charge in [0, 0.05) is 19.1 Å². The second-order valence-electron chi connectivity index (χ2n) is 5.33. The van der Waals surface area contributed by atoms with E-state index in [2.05, 4.69) is 5.32 Å². The van der Waals surface area contributed by atoms with Gasteiger partial charge in [-0.15, -0.1) is 0 Å². The van der Waals surface area contributed by atoms with E-state index in [-0.39, 0.29) is 25.3 Å². The monoisotopic (exact) mass is 287 g/mol. The number of hydrogen-bond donors (Lipinski definition) is 2. The van der Waals surface area contributed by atoms with Crippen molar-refractivity contribution in [2.24, 2.45) is 5.92 Å². The molecule has 1 heterocycles. The summed E-state index contributed by atoms with van der Waals surface area (Å²) < 4.78 is 5.22. The molecule has 3 atom stereocenters. The van der Waals surface area contributed by atoms with Gasteiger partial charge in [0.2, 0.25) is 0 Å². The Balaban J connectivity index is 2.61. The van der Waals surface area contributed by atoms with Crippen LogP contribution in [-0.2, 0) is 9.53 Å². The lowest BCUT2D eigenvalue weighted by molar-refractivity contribution is -0.142. The van der Waals surface area contributed by atoms with Crippen LogP contribution in [0.2, 0.25) is 0 Å². The van der Waals surface area contributed by atoms with E-state index in [1.165, 1.54) is 0 Å². The molecule has 1 aliphatic rings. The van der Waals surface area contributed by atoms with Crippen LogP contribution < -0.4 is 5.32 Å². The van der Waals surface area contributed by atoms with E-state index < -0.39 is 17.9 Å². The smallest absolute Gasteiger partial charge is 0.317 e. The Labute approximate surface area is 119 Å². The molecule has 0 aromatic rings. The number of nitrogens with zero attached hydrogens (tertiary/aromatic N) is 2. The zero-order valence-electron chi connectivity index (χ0n) is 12.6. The van der Waals surface area contributed by atoms with E-state index in [1.54, 1.807) is 4.90 Å². The summed E-state index contributed by atoms with van der Waals surface area (Å²) in [4.78, 5) is 26.9. The molecule has 0 aromatic carbocycles. The van der Waals surface area contributed by atoms with Crippen molar-refractivity contribution in [3.63, 3.8) is 0 Å². The van der Waals surface area contributed by atoms with Crippen molar-refractivity contribution in [2.75, 3.05) is 40.4 Å². The first-order chi connectivity index (χ1) is 9.38. The lowest BCUT2D eigenvalue weighted by Crippen LogP contribution is -2.52. The molecule has 1 fully saturated rings. The highest BCUT2D eigenvalue weighted by Crippen LogP contribution is 2.20. The van der Waals surface area contributed by atoms with Crippen molar-refractivity contribution in [1.82, 2.24) is 15.1 Å². The summed E-state index contributed by atoms with van der Waals surface area (Å²) in [5.41, 5.74) is 0. The van der Waals surface area contributed by atoms with Crippen molar-refractivity contribution in [2.45, 2.75) is 25.9 Å². The Bertz CT molecular complexity index is 349. The van der Waals surface area contributed by atoms with Crippen LogP contribution in [0.1, 0.15) is 13.8 Å². The number of urea groups is 1. The lowest BCUT2D eigenvalue weighted by Gasteiger charge is -2.30. The fraction of sp³-hybridized carbons (Fsp3) is 0.846. The number of carboxylic acid groups (broad SMARTS) is 1. The molecule has 3 unspecified atom stereocenters. The van der Waals surface area contributed by atoms with Gasteiger partial charge in [-0.3, -0.25) is 4.79 Å². The molecule has 2 amide bonds. The molecule has 2 N–H and O–H groups in total. The summed E-state index contributed by atoms with van der Waals surface area (Å²) in [6, 6.07) is -0.414. The molecule has 1 aliphatic heterocycles. The molecular weight excluding hydrogens is 262 g/mol. The Kier molecular flexibility index (Phi) is 6.22. The minimum Gasteiger partial charge on any atom is -0.481 e. The molecule has 0 aliphatic carbocycles. The van der Waals surface area contributed by atoms with Gasteiger partial charge in [0.15, 0.2) is 0 Å². The van der Waals surface area contributed by atoms with Crippen LogP contribution in [0.25, 0.3) is 0 Å². The first-order valence-electron chi connectivity index (χ1n) is 6.89. The zero-order valence-corrected chi connectivity index (χ0v) is 12.6. The molecule has 7 nitrogen and oxygen atoms in total. The fourth-order valence-corrected chi connectivity index (χ4v) is 2.13. The van der Waals surface area contributed by atoms with Crippen LogP contribution in [0, 0.1) is 5.92 Å². The molecule has 0 saturated carbocycles. The Morgan fingerprint density at radius 2 is 2.05 bits per heavy atom. The van der Waals surface area contributed by atoms with Gasteiger partial charge in [-0.2, -0.15) is 0 Å². The minimum absolute atomic E-state index is 0.165. The molecule has 0 spiro atoms. The summed E-state index contributed by atoms with van der Waals surface area (Å²) in [7, 11) is 3.89. The SMILES string of the molecule is CCN(C(=O)NCC(C)N(C)C)C1COCC1C(=O)O.